The second-order valence-corrected chi connectivity index (χ2v) is 6.32. The highest BCUT2D eigenvalue weighted by Crippen LogP contribution is 2.25. The summed E-state index contributed by atoms with van der Waals surface area (Å²) >= 11 is 0. The summed E-state index contributed by atoms with van der Waals surface area (Å²) in [7, 11) is 0. The Hall–Kier alpha value is -2.72. The molecular formula is C18H26N2O8. The van der Waals surface area contributed by atoms with E-state index in [9.17, 15) is 10.1 Å². The molecule has 1 saturated heterocycles. The van der Waals surface area contributed by atoms with E-state index < -0.39 is 16.9 Å². The van der Waals surface area contributed by atoms with Crippen LogP contribution >= 0.6 is 0 Å². The van der Waals surface area contributed by atoms with Gasteiger partial charge in [0.1, 0.15) is 6.61 Å². The van der Waals surface area contributed by atoms with Crippen LogP contribution in [0.5, 0.6) is 5.75 Å². The van der Waals surface area contributed by atoms with Gasteiger partial charge in [-0.1, -0.05) is 19.1 Å². The Morgan fingerprint density at radius 2 is 1.75 bits per heavy atom. The number of nitro groups is 1. The maximum atomic E-state index is 10.8. The van der Waals surface area contributed by atoms with E-state index in [1.54, 1.807) is 18.2 Å². The summed E-state index contributed by atoms with van der Waals surface area (Å²) in [5.41, 5.74) is -0.00932. The van der Waals surface area contributed by atoms with Crippen molar-refractivity contribution in [2.45, 2.75) is 19.8 Å². The highest BCUT2D eigenvalue weighted by molar-refractivity contribution is 6.27. The van der Waals surface area contributed by atoms with Gasteiger partial charge in [-0.2, -0.15) is 0 Å². The third kappa shape index (κ3) is 9.28. The zero-order valence-corrected chi connectivity index (χ0v) is 15.8. The number of ether oxygens (including phenoxy) is 2. The summed E-state index contributed by atoms with van der Waals surface area (Å²) in [5.74, 6) is -2.52. The molecule has 0 bridgehead atoms. The van der Waals surface area contributed by atoms with E-state index in [0.29, 0.717) is 25.6 Å². The lowest BCUT2D eigenvalue weighted by molar-refractivity contribution is -0.385. The fraction of sp³-hybridized carbons (Fsp3) is 0.556. The molecule has 156 valence electrons. The Morgan fingerprint density at radius 1 is 1.14 bits per heavy atom. The Morgan fingerprint density at radius 3 is 2.32 bits per heavy atom. The molecule has 10 nitrogen and oxygen atoms in total. The molecule has 0 aliphatic carbocycles. The molecule has 28 heavy (non-hydrogen) atoms. The number of hydrogen-bond donors (Lipinski definition) is 2. The lowest BCUT2D eigenvalue weighted by Crippen LogP contribution is -2.35. The molecule has 1 aromatic carbocycles. The van der Waals surface area contributed by atoms with Crippen molar-refractivity contribution in [1.29, 1.82) is 0 Å². The number of benzene rings is 1. The van der Waals surface area contributed by atoms with Crippen LogP contribution in [0.15, 0.2) is 24.3 Å². The van der Waals surface area contributed by atoms with Crippen LogP contribution in [0.3, 0.4) is 0 Å². The maximum absolute atomic E-state index is 10.8. The average Bonchev–Trinajstić information content (AvgIpc) is 2.66. The van der Waals surface area contributed by atoms with Crippen molar-refractivity contribution in [1.82, 2.24) is 4.90 Å². The van der Waals surface area contributed by atoms with Gasteiger partial charge in [0.15, 0.2) is 5.75 Å². The van der Waals surface area contributed by atoms with Crippen LogP contribution in [-0.2, 0) is 14.3 Å². The molecule has 1 aliphatic rings. The SMILES string of the molecule is CC1CCN(CCOCCOc2ccccc2[N+](=O)[O-])CC1.O=C(O)C(=O)O. The molecule has 0 spiro atoms. The van der Waals surface area contributed by atoms with Gasteiger partial charge in [0.2, 0.25) is 0 Å². The molecule has 2 N–H and O–H groups in total. The number of hydrogen-bond acceptors (Lipinski definition) is 7. The second kappa shape index (κ2) is 12.6. The number of likely N-dealkylation sites (tertiary alicyclic amines) is 1. The van der Waals surface area contributed by atoms with Gasteiger partial charge in [-0.15, -0.1) is 0 Å². The van der Waals surface area contributed by atoms with E-state index in [4.69, 9.17) is 29.3 Å². The van der Waals surface area contributed by atoms with E-state index in [1.807, 2.05) is 0 Å². The van der Waals surface area contributed by atoms with E-state index in [1.165, 1.54) is 18.9 Å². The molecule has 0 unspecified atom stereocenters. The van der Waals surface area contributed by atoms with E-state index >= 15 is 0 Å². The van der Waals surface area contributed by atoms with Crippen molar-refractivity contribution in [3.05, 3.63) is 34.4 Å². The topological polar surface area (TPSA) is 139 Å². The molecule has 0 radical (unpaired) electrons. The van der Waals surface area contributed by atoms with E-state index in [0.717, 1.165) is 25.6 Å². The Labute approximate surface area is 162 Å². The summed E-state index contributed by atoms with van der Waals surface area (Å²) in [4.78, 5) is 31.0. The molecule has 10 heteroatoms. The Kier molecular flexibility index (Phi) is 10.5. The van der Waals surface area contributed by atoms with Crippen LogP contribution in [0.2, 0.25) is 0 Å². The van der Waals surface area contributed by atoms with E-state index in [2.05, 4.69) is 11.8 Å². The van der Waals surface area contributed by atoms with Crippen molar-refractivity contribution in [2.24, 2.45) is 5.92 Å². The molecule has 1 aromatic rings. The van der Waals surface area contributed by atoms with Crippen molar-refractivity contribution in [3.63, 3.8) is 0 Å². The molecular weight excluding hydrogens is 372 g/mol. The van der Waals surface area contributed by atoms with Crippen LogP contribution in [0.1, 0.15) is 19.8 Å². The first-order chi connectivity index (χ1) is 13.3. The third-order valence-electron chi connectivity index (χ3n) is 4.16. The zero-order valence-electron chi connectivity index (χ0n) is 15.8. The average molecular weight is 398 g/mol. The number of carboxylic acids is 2. The summed E-state index contributed by atoms with van der Waals surface area (Å²) in [6.45, 7) is 6.98. The van der Waals surface area contributed by atoms with Crippen LogP contribution in [-0.4, -0.2) is 71.4 Å². The predicted octanol–water partition coefficient (Wildman–Crippen LogP) is 1.88. The number of carbonyl (C=O) groups is 2. The molecule has 1 heterocycles. The maximum Gasteiger partial charge on any atom is 0.414 e. The third-order valence-corrected chi connectivity index (χ3v) is 4.16. The largest absolute Gasteiger partial charge is 0.484 e. The molecule has 2 rings (SSSR count). The molecule has 0 atom stereocenters. The monoisotopic (exact) mass is 398 g/mol. The number of para-hydroxylation sites is 2. The van der Waals surface area contributed by atoms with E-state index in [-0.39, 0.29) is 5.69 Å². The fourth-order valence-electron chi connectivity index (χ4n) is 2.52. The minimum Gasteiger partial charge on any atom is -0.484 e. The number of piperidine rings is 1. The number of rotatable bonds is 8. The van der Waals surface area contributed by atoms with Gasteiger partial charge < -0.3 is 24.6 Å². The Bertz CT molecular complexity index is 632. The number of aliphatic carboxylic acids is 2. The molecule has 0 amide bonds. The first kappa shape index (κ1) is 23.3. The van der Waals surface area contributed by atoms with Gasteiger partial charge in [0, 0.05) is 12.6 Å². The van der Waals surface area contributed by atoms with Gasteiger partial charge >= 0.3 is 17.6 Å². The van der Waals surface area contributed by atoms with Gasteiger partial charge in [-0.3, -0.25) is 10.1 Å². The number of carboxylic acid groups (broad SMARTS) is 2. The van der Waals surface area contributed by atoms with Gasteiger partial charge in [-0.05, 0) is 37.9 Å². The minimum atomic E-state index is -1.82. The first-order valence-electron chi connectivity index (χ1n) is 8.93. The summed E-state index contributed by atoms with van der Waals surface area (Å²) in [6.07, 6.45) is 2.53. The smallest absolute Gasteiger partial charge is 0.414 e. The second-order valence-electron chi connectivity index (χ2n) is 6.32. The highest BCUT2D eigenvalue weighted by atomic mass is 16.6. The summed E-state index contributed by atoms with van der Waals surface area (Å²) in [5, 5.41) is 25.6. The summed E-state index contributed by atoms with van der Waals surface area (Å²) in [6, 6.07) is 6.39. The minimum absolute atomic E-state index is 0.00932. The van der Waals surface area contributed by atoms with Crippen molar-refractivity contribution in [2.75, 3.05) is 39.5 Å². The fourth-order valence-corrected chi connectivity index (χ4v) is 2.52. The van der Waals surface area contributed by atoms with Gasteiger partial charge in [0.05, 0.1) is 18.1 Å². The number of nitro benzene ring substituents is 1. The van der Waals surface area contributed by atoms with Crippen LogP contribution < -0.4 is 4.74 Å². The van der Waals surface area contributed by atoms with Crippen molar-refractivity contribution in [3.8, 4) is 5.75 Å². The highest BCUT2D eigenvalue weighted by Gasteiger charge is 2.15. The first-order valence-corrected chi connectivity index (χ1v) is 8.93. The molecule has 1 aliphatic heterocycles. The van der Waals surface area contributed by atoms with Crippen molar-refractivity contribution >= 4 is 17.6 Å². The number of nitrogens with zero attached hydrogens (tertiary/aromatic N) is 2. The quantitative estimate of drug-likeness (QED) is 0.291. The lowest BCUT2D eigenvalue weighted by Gasteiger charge is -2.29. The molecule has 1 fully saturated rings. The van der Waals surface area contributed by atoms with Crippen LogP contribution in [0, 0.1) is 16.0 Å². The normalized spacial score (nSPS) is 14.6. The van der Waals surface area contributed by atoms with Crippen LogP contribution in [0.25, 0.3) is 0 Å². The van der Waals surface area contributed by atoms with Crippen LogP contribution in [0.4, 0.5) is 5.69 Å². The van der Waals surface area contributed by atoms with Gasteiger partial charge in [-0.25, -0.2) is 9.59 Å². The summed E-state index contributed by atoms with van der Waals surface area (Å²) < 4.78 is 11.0. The lowest BCUT2D eigenvalue weighted by atomic mass is 9.99. The molecule has 0 saturated carbocycles. The van der Waals surface area contributed by atoms with Crippen molar-refractivity contribution < 1.29 is 34.2 Å². The standard InChI is InChI=1S/C16H24N2O4.C2H2O4/c1-14-6-8-17(9-7-14)10-11-21-12-13-22-16-5-3-2-4-15(16)18(19)20;3-1(4)2(5)6/h2-5,14H,6-13H2,1H3;(H,3,4)(H,5,6). The zero-order chi connectivity index (χ0) is 20.9. The predicted molar refractivity (Wildman–Crippen MR) is 99.5 cm³/mol. The molecule has 0 aromatic heterocycles. The Balaban J connectivity index is 0.000000568. The van der Waals surface area contributed by atoms with Gasteiger partial charge in [0.25, 0.3) is 0 Å².